The highest BCUT2D eigenvalue weighted by molar-refractivity contribution is 6.04. The molecule has 1 aliphatic rings. The Balaban J connectivity index is 1.51. The van der Waals surface area contributed by atoms with E-state index in [1.54, 1.807) is 36.1 Å². The topological polar surface area (TPSA) is 82.4 Å². The number of rotatable bonds is 7. The molecule has 1 saturated carbocycles. The Morgan fingerprint density at radius 1 is 1.00 bits per heavy atom. The van der Waals surface area contributed by atoms with Gasteiger partial charge in [-0.3, -0.25) is 9.59 Å². The fraction of sp³-hybridized carbons (Fsp3) is 0.207. The zero-order chi connectivity index (χ0) is 25.2. The summed E-state index contributed by atoms with van der Waals surface area (Å²) in [7, 11) is 1.57. The number of hydrogen-bond acceptors (Lipinski definition) is 5. The number of benzene rings is 3. The SMILES string of the molecule is COc1cccc(C(=O)Nc2ccc(-c3c(C4CC4)nn(-c4ccccc4C)c3OC(C)=O)cc2)c1. The maximum atomic E-state index is 12.7. The average molecular weight is 482 g/mol. The van der Waals surface area contributed by atoms with Crippen LogP contribution in [-0.2, 0) is 4.79 Å². The molecule has 0 saturated heterocycles. The third-order valence-corrected chi connectivity index (χ3v) is 6.18. The summed E-state index contributed by atoms with van der Waals surface area (Å²) in [5, 5.41) is 7.84. The van der Waals surface area contributed by atoms with Crippen LogP contribution in [-0.4, -0.2) is 28.8 Å². The molecule has 36 heavy (non-hydrogen) atoms. The first-order valence-electron chi connectivity index (χ1n) is 11.9. The molecular formula is C29H27N3O4. The van der Waals surface area contributed by atoms with Crippen LogP contribution < -0.4 is 14.8 Å². The van der Waals surface area contributed by atoms with E-state index in [2.05, 4.69) is 5.32 Å². The van der Waals surface area contributed by atoms with Gasteiger partial charge < -0.3 is 14.8 Å². The fourth-order valence-corrected chi connectivity index (χ4v) is 4.22. The summed E-state index contributed by atoms with van der Waals surface area (Å²) in [5.41, 5.74) is 5.64. The van der Waals surface area contributed by atoms with E-state index in [0.717, 1.165) is 40.9 Å². The second-order valence-electron chi connectivity index (χ2n) is 8.90. The monoisotopic (exact) mass is 481 g/mol. The number of aryl methyl sites for hydroxylation is 1. The zero-order valence-corrected chi connectivity index (χ0v) is 20.4. The zero-order valence-electron chi connectivity index (χ0n) is 20.4. The summed E-state index contributed by atoms with van der Waals surface area (Å²) >= 11 is 0. The predicted molar refractivity (Wildman–Crippen MR) is 138 cm³/mol. The van der Waals surface area contributed by atoms with Gasteiger partial charge in [-0.2, -0.15) is 9.78 Å². The van der Waals surface area contributed by atoms with E-state index < -0.39 is 5.97 Å². The molecule has 1 amide bonds. The highest BCUT2D eigenvalue weighted by Crippen LogP contribution is 2.48. The molecule has 7 heteroatoms. The maximum absolute atomic E-state index is 12.7. The maximum Gasteiger partial charge on any atom is 0.309 e. The van der Waals surface area contributed by atoms with Crippen LogP contribution in [0.2, 0.25) is 0 Å². The van der Waals surface area contributed by atoms with Crippen molar-refractivity contribution in [3.8, 4) is 28.4 Å². The van der Waals surface area contributed by atoms with E-state index in [4.69, 9.17) is 14.6 Å². The van der Waals surface area contributed by atoms with Gasteiger partial charge in [-0.15, -0.1) is 0 Å². The van der Waals surface area contributed by atoms with Gasteiger partial charge in [-0.05, 0) is 67.3 Å². The second-order valence-corrected chi connectivity index (χ2v) is 8.90. The molecule has 0 unspecified atom stereocenters. The van der Waals surface area contributed by atoms with Crippen LogP contribution in [0.1, 0.15) is 47.3 Å². The number of ether oxygens (including phenoxy) is 2. The number of anilines is 1. The van der Waals surface area contributed by atoms with Crippen molar-refractivity contribution in [2.24, 2.45) is 0 Å². The summed E-state index contributed by atoms with van der Waals surface area (Å²) in [4.78, 5) is 24.8. The first-order valence-corrected chi connectivity index (χ1v) is 11.9. The molecule has 0 spiro atoms. The molecular weight excluding hydrogens is 454 g/mol. The van der Waals surface area contributed by atoms with Crippen molar-refractivity contribution in [1.82, 2.24) is 9.78 Å². The quantitative estimate of drug-likeness (QED) is 0.332. The van der Waals surface area contributed by atoms with Gasteiger partial charge in [0.1, 0.15) is 5.75 Å². The number of nitrogens with one attached hydrogen (secondary N) is 1. The summed E-state index contributed by atoms with van der Waals surface area (Å²) < 4.78 is 12.7. The van der Waals surface area contributed by atoms with Crippen LogP contribution in [0.5, 0.6) is 11.6 Å². The van der Waals surface area contributed by atoms with E-state index in [9.17, 15) is 9.59 Å². The van der Waals surface area contributed by atoms with Crippen LogP contribution >= 0.6 is 0 Å². The second kappa shape index (κ2) is 9.70. The standard InChI is InChI=1S/C29H27N3O4/c1-18-7-4-5-10-25(18)32-29(36-19(2)33)26(27(31-32)21-11-12-21)20-13-15-23(16-14-20)30-28(34)22-8-6-9-24(17-22)35-3/h4-10,13-17,21H,11-12H2,1-3H3,(H,30,34). The van der Waals surface area contributed by atoms with Gasteiger partial charge in [0.2, 0.25) is 5.88 Å². The molecule has 7 nitrogen and oxygen atoms in total. The molecule has 182 valence electrons. The first kappa shape index (κ1) is 23.4. The van der Waals surface area contributed by atoms with Gasteiger partial charge in [-0.1, -0.05) is 36.4 Å². The van der Waals surface area contributed by atoms with Gasteiger partial charge in [0, 0.05) is 24.1 Å². The number of esters is 1. The summed E-state index contributed by atoms with van der Waals surface area (Å²) in [6, 6.07) is 22.4. The van der Waals surface area contributed by atoms with Crippen molar-refractivity contribution in [1.29, 1.82) is 0 Å². The summed E-state index contributed by atoms with van der Waals surface area (Å²) in [5.74, 6) is 0.719. The van der Waals surface area contributed by atoms with Gasteiger partial charge in [0.05, 0.1) is 24.1 Å². The minimum atomic E-state index is -0.407. The Labute approximate surface area is 209 Å². The van der Waals surface area contributed by atoms with Gasteiger partial charge in [0.25, 0.3) is 5.91 Å². The van der Waals surface area contributed by atoms with E-state index >= 15 is 0 Å². The Kier molecular flexibility index (Phi) is 6.29. The largest absolute Gasteiger partial charge is 0.497 e. The van der Waals surface area contributed by atoms with Crippen LogP contribution in [0.25, 0.3) is 16.8 Å². The van der Waals surface area contributed by atoms with E-state index in [0.29, 0.717) is 28.8 Å². The number of aromatic nitrogens is 2. The van der Waals surface area contributed by atoms with Crippen molar-refractivity contribution >= 4 is 17.6 Å². The molecule has 0 radical (unpaired) electrons. The number of hydrogen-bond donors (Lipinski definition) is 1. The molecule has 0 atom stereocenters. The predicted octanol–water partition coefficient (Wildman–Crippen LogP) is 5.91. The van der Waals surface area contributed by atoms with Crippen molar-refractivity contribution < 1.29 is 19.1 Å². The Morgan fingerprint density at radius 3 is 2.42 bits per heavy atom. The molecule has 1 heterocycles. The number of amides is 1. The molecule has 1 aliphatic carbocycles. The van der Waals surface area contributed by atoms with Crippen LogP contribution in [0, 0.1) is 6.92 Å². The number of nitrogens with zero attached hydrogens (tertiary/aromatic N) is 2. The van der Waals surface area contributed by atoms with Gasteiger partial charge >= 0.3 is 5.97 Å². The number of carbonyl (C=O) groups is 2. The highest BCUT2D eigenvalue weighted by Gasteiger charge is 2.34. The Hall–Kier alpha value is -4.39. The first-order chi connectivity index (χ1) is 17.4. The minimum absolute atomic E-state index is 0.228. The number of carbonyl (C=O) groups excluding carboxylic acids is 2. The number of para-hydroxylation sites is 1. The Bertz CT molecular complexity index is 1440. The molecule has 1 fully saturated rings. The molecule has 1 aromatic heterocycles. The Morgan fingerprint density at radius 2 is 1.75 bits per heavy atom. The van der Waals surface area contributed by atoms with Crippen LogP contribution in [0.3, 0.4) is 0 Å². The third-order valence-electron chi connectivity index (χ3n) is 6.18. The van der Waals surface area contributed by atoms with Gasteiger partial charge in [0.15, 0.2) is 0 Å². The molecule has 4 aromatic rings. The summed E-state index contributed by atoms with van der Waals surface area (Å²) in [6.07, 6.45) is 2.10. The lowest BCUT2D eigenvalue weighted by Crippen LogP contribution is -2.11. The minimum Gasteiger partial charge on any atom is -0.497 e. The highest BCUT2D eigenvalue weighted by atomic mass is 16.5. The lowest BCUT2D eigenvalue weighted by molar-refractivity contribution is -0.132. The number of methoxy groups -OCH3 is 1. The normalized spacial score (nSPS) is 12.8. The van der Waals surface area contributed by atoms with Crippen LogP contribution in [0.15, 0.2) is 72.8 Å². The molecule has 3 aromatic carbocycles. The van der Waals surface area contributed by atoms with Gasteiger partial charge in [-0.25, -0.2) is 0 Å². The van der Waals surface area contributed by atoms with Crippen molar-refractivity contribution in [3.63, 3.8) is 0 Å². The van der Waals surface area contributed by atoms with E-state index in [1.165, 1.54) is 6.92 Å². The fourth-order valence-electron chi connectivity index (χ4n) is 4.22. The smallest absolute Gasteiger partial charge is 0.309 e. The summed E-state index contributed by atoms with van der Waals surface area (Å²) in [6.45, 7) is 3.40. The molecule has 1 N–H and O–H groups in total. The lowest BCUT2D eigenvalue weighted by atomic mass is 10.0. The molecule has 5 rings (SSSR count). The van der Waals surface area contributed by atoms with Crippen LogP contribution in [0.4, 0.5) is 5.69 Å². The average Bonchev–Trinajstić information content (AvgIpc) is 3.67. The lowest BCUT2D eigenvalue weighted by Gasteiger charge is -2.12. The van der Waals surface area contributed by atoms with E-state index in [1.807, 2.05) is 55.5 Å². The third kappa shape index (κ3) is 4.73. The van der Waals surface area contributed by atoms with E-state index in [-0.39, 0.29) is 5.91 Å². The molecule has 0 bridgehead atoms. The molecule has 0 aliphatic heterocycles. The van der Waals surface area contributed by atoms with Crippen molar-refractivity contribution in [3.05, 3.63) is 89.6 Å². The van der Waals surface area contributed by atoms with Crippen molar-refractivity contribution in [2.75, 3.05) is 12.4 Å². The van der Waals surface area contributed by atoms with Crippen molar-refractivity contribution in [2.45, 2.75) is 32.6 Å².